The summed E-state index contributed by atoms with van der Waals surface area (Å²) in [5, 5.41) is 3.10. The van der Waals surface area contributed by atoms with Gasteiger partial charge < -0.3 is 14.2 Å². The van der Waals surface area contributed by atoms with Crippen molar-refractivity contribution in [2.24, 2.45) is 0 Å². The van der Waals surface area contributed by atoms with Gasteiger partial charge in [-0.3, -0.25) is 5.32 Å². The maximum atomic E-state index is 11.8. The van der Waals surface area contributed by atoms with Gasteiger partial charge >= 0.3 is 5.97 Å². The second-order valence-corrected chi connectivity index (χ2v) is 3.91. The van der Waals surface area contributed by atoms with E-state index >= 15 is 0 Å². The van der Waals surface area contributed by atoms with Crippen molar-refractivity contribution in [3.8, 4) is 5.75 Å². The number of rotatable bonds is 8. The van der Waals surface area contributed by atoms with Crippen molar-refractivity contribution < 1.29 is 19.0 Å². The third kappa shape index (κ3) is 4.89. The van der Waals surface area contributed by atoms with Crippen LogP contribution in [0.3, 0.4) is 0 Å². The van der Waals surface area contributed by atoms with E-state index in [2.05, 4.69) is 5.32 Å². The van der Waals surface area contributed by atoms with Gasteiger partial charge in [-0.1, -0.05) is 12.1 Å². The Morgan fingerprint density at radius 1 is 1.26 bits per heavy atom. The second kappa shape index (κ2) is 8.50. The Bertz CT molecular complexity index is 378. The normalized spacial score (nSPS) is 11.9. The Morgan fingerprint density at radius 2 is 1.95 bits per heavy atom. The molecule has 1 atom stereocenters. The monoisotopic (exact) mass is 267 g/mol. The number of benzene rings is 1. The molecule has 5 nitrogen and oxygen atoms in total. The summed E-state index contributed by atoms with van der Waals surface area (Å²) in [6.45, 7) is 3.65. The Morgan fingerprint density at radius 3 is 2.47 bits per heavy atom. The van der Waals surface area contributed by atoms with Crippen LogP contribution in [0.25, 0.3) is 0 Å². The topological polar surface area (TPSA) is 56.8 Å². The molecular formula is C14H21NO4. The number of ether oxygens (including phenoxy) is 3. The van der Waals surface area contributed by atoms with E-state index in [1.165, 1.54) is 7.11 Å². The maximum Gasteiger partial charge on any atom is 0.327 e. The predicted octanol–water partition coefficient (Wildman–Crippen LogP) is 1.54. The Hall–Kier alpha value is -1.59. The Labute approximate surface area is 113 Å². The van der Waals surface area contributed by atoms with Crippen molar-refractivity contribution in [1.82, 2.24) is 5.32 Å². The molecule has 0 fully saturated rings. The molecule has 0 radical (unpaired) electrons. The molecule has 0 aliphatic heterocycles. The van der Waals surface area contributed by atoms with Gasteiger partial charge in [0.25, 0.3) is 0 Å². The molecular weight excluding hydrogens is 246 g/mol. The highest BCUT2D eigenvalue weighted by Crippen LogP contribution is 2.19. The van der Waals surface area contributed by atoms with Crippen LogP contribution in [0.15, 0.2) is 24.3 Å². The first-order chi connectivity index (χ1) is 9.22. The molecule has 0 bridgehead atoms. The van der Waals surface area contributed by atoms with Gasteiger partial charge in [0.2, 0.25) is 0 Å². The van der Waals surface area contributed by atoms with Crippen LogP contribution in [0.4, 0.5) is 0 Å². The third-order valence-corrected chi connectivity index (χ3v) is 2.62. The lowest BCUT2D eigenvalue weighted by molar-refractivity contribution is -0.143. The minimum absolute atomic E-state index is 0.319. The van der Waals surface area contributed by atoms with Crippen LogP contribution >= 0.6 is 0 Å². The van der Waals surface area contributed by atoms with Crippen molar-refractivity contribution in [1.29, 1.82) is 0 Å². The lowest BCUT2D eigenvalue weighted by atomic mass is 10.1. The zero-order valence-electron chi connectivity index (χ0n) is 11.6. The summed E-state index contributed by atoms with van der Waals surface area (Å²) in [6, 6.07) is 6.90. The highest BCUT2D eigenvalue weighted by molar-refractivity contribution is 5.77. The van der Waals surface area contributed by atoms with Crippen LogP contribution in [0.1, 0.15) is 18.5 Å². The maximum absolute atomic E-state index is 11.8. The first kappa shape index (κ1) is 15.5. The summed E-state index contributed by atoms with van der Waals surface area (Å²) in [6.07, 6.45) is 0. The van der Waals surface area contributed by atoms with Gasteiger partial charge in [-0.2, -0.15) is 0 Å². The van der Waals surface area contributed by atoms with E-state index in [4.69, 9.17) is 14.2 Å². The summed E-state index contributed by atoms with van der Waals surface area (Å²) in [4.78, 5) is 11.8. The van der Waals surface area contributed by atoms with Gasteiger partial charge in [0.05, 0.1) is 20.3 Å². The molecule has 19 heavy (non-hydrogen) atoms. The summed E-state index contributed by atoms with van der Waals surface area (Å²) < 4.78 is 15.1. The molecule has 1 unspecified atom stereocenters. The number of carbonyl (C=O) groups excluding carboxylic acids is 1. The van der Waals surface area contributed by atoms with Crippen LogP contribution in [0.5, 0.6) is 5.75 Å². The van der Waals surface area contributed by atoms with Crippen LogP contribution in [0, 0.1) is 0 Å². The summed E-state index contributed by atoms with van der Waals surface area (Å²) in [7, 11) is 2.99. The van der Waals surface area contributed by atoms with Gasteiger partial charge in [0.15, 0.2) is 0 Å². The molecule has 0 aliphatic carbocycles. The van der Waals surface area contributed by atoms with Gasteiger partial charge in [-0.25, -0.2) is 4.79 Å². The molecule has 1 N–H and O–H groups in total. The standard InChI is InChI=1S/C14H21NO4/c1-4-19-12-7-5-11(6-8-12)13(14(16)18-3)15-9-10-17-2/h5-8,13,15H,4,9-10H2,1-3H3. The molecule has 1 aromatic carbocycles. The molecule has 5 heteroatoms. The van der Waals surface area contributed by atoms with E-state index in [0.29, 0.717) is 19.8 Å². The first-order valence-corrected chi connectivity index (χ1v) is 6.25. The number of carbonyl (C=O) groups is 1. The third-order valence-electron chi connectivity index (χ3n) is 2.62. The highest BCUT2D eigenvalue weighted by atomic mass is 16.5. The number of nitrogens with one attached hydrogen (secondary N) is 1. The van der Waals surface area contributed by atoms with Gasteiger partial charge in [0, 0.05) is 13.7 Å². The van der Waals surface area contributed by atoms with Gasteiger partial charge in [0.1, 0.15) is 11.8 Å². The fourth-order valence-corrected chi connectivity index (χ4v) is 1.68. The fourth-order valence-electron chi connectivity index (χ4n) is 1.68. The van der Waals surface area contributed by atoms with Crippen molar-refractivity contribution >= 4 is 5.97 Å². The van der Waals surface area contributed by atoms with Gasteiger partial charge in [-0.15, -0.1) is 0 Å². The summed E-state index contributed by atoms with van der Waals surface area (Å²) >= 11 is 0. The molecule has 0 saturated carbocycles. The summed E-state index contributed by atoms with van der Waals surface area (Å²) in [5.74, 6) is 0.465. The minimum Gasteiger partial charge on any atom is -0.494 e. The van der Waals surface area contributed by atoms with E-state index < -0.39 is 6.04 Å². The number of esters is 1. The zero-order chi connectivity index (χ0) is 14.1. The van der Waals surface area contributed by atoms with E-state index in [1.807, 2.05) is 31.2 Å². The van der Waals surface area contributed by atoms with Crippen LogP contribution < -0.4 is 10.1 Å². The van der Waals surface area contributed by atoms with E-state index in [0.717, 1.165) is 11.3 Å². The Kier molecular flexibility index (Phi) is 6.92. The number of hydrogen-bond acceptors (Lipinski definition) is 5. The number of methoxy groups -OCH3 is 2. The quantitative estimate of drug-likeness (QED) is 0.572. The fraction of sp³-hybridized carbons (Fsp3) is 0.500. The molecule has 0 aromatic heterocycles. The van der Waals surface area contributed by atoms with Crippen molar-refractivity contribution in [3.63, 3.8) is 0 Å². The van der Waals surface area contributed by atoms with Crippen LogP contribution in [-0.2, 0) is 14.3 Å². The van der Waals surface area contributed by atoms with Crippen molar-refractivity contribution in [2.75, 3.05) is 34.0 Å². The Balaban J connectivity index is 2.75. The largest absolute Gasteiger partial charge is 0.494 e. The number of hydrogen-bond donors (Lipinski definition) is 1. The van der Waals surface area contributed by atoms with Crippen LogP contribution in [-0.4, -0.2) is 39.9 Å². The molecule has 0 heterocycles. The summed E-state index contributed by atoms with van der Waals surface area (Å²) in [5.41, 5.74) is 0.839. The molecule has 0 spiro atoms. The average molecular weight is 267 g/mol. The average Bonchev–Trinajstić information content (AvgIpc) is 2.44. The van der Waals surface area contributed by atoms with E-state index in [1.54, 1.807) is 7.11 Å². The molecule has 0 saturated heterocycles. The molecule has 1 rings (SSSR count). The molecule has 0 aliphatic rings. The minimum atomic E-state index is -0.490. The lowest BCUT2D eigenvalue weighted by Crippen LogP contribution is -2.31. The molecule has 0 amide bonds. The second-order valence-electron chi connectivity index (χ2n) is 3.91. The molecule has 1 aromatic rings. The highest BCUT2D eigenvalue weighted by Gasteiger charge is 2.20. The lowest BCUT2D eigenvalue weighted by Gasteiger charge is -2.17. The van der Waals surface area contributed by atoms with E-state index in [-0.39, 0.29) is 5.97 Å². The van der Waals surface area contributed by atoms with Crippen molar-refractivity contribution in [2.45, 2.75) is 13.0 Å². The molecule has 106 valence electrons. The zero-order valence-corrected chi connectivity index (χ0v) is 11.6. The van der Waals surface area contributed by atoms with Crippen LogP contribution in [0.2, 0.25) is 0 Å². The predicted molar refractivity (Wildman–Crippen MR) is 72.2 cm³/mol. The first-order valence-electron chi connectivity index (χ1n) is 6.25. The SMILES string of the molecule is CCOc1ccc(C(NCCOC)C(=O)OC)cc1. The van der Waals surface area contributed by atoms with E-state index in [9.17, 15) is 4.79 Å². The van der Waals surface area contributed by atoms with Gasteiger partial charge in [-0.05, 0) is 24.6 Å². The smallest absolute Gasteiger partial charge is 0.327 e. The van der Waals surface area contributed by atoms with Crippen molar-refractivity contribution in [3.05, 3.63) is 29.8 Å².